The molecule has 0 spiro atoms. The highest BCUT2D eigenvalue weighted by molar-refractivity contribution is 7.91. The summed E-state index contributed by atoms with van der Waals surface area (Å²) in [5.74, 6) is 0.398. The van der Waals surface area contributed by atoms with Crippen LogP contribution < -0.4 is 14.9 Å². The van der Waals surface area contributed by atoms with E-state index in [4.69, 9.17) is 13.9 Å². The Balaban J connectivity index is 1.75. The number of hydrogen-bond donors (Lipinski definition) is 0. The van der Waals surface area contributed by atoms with Crippen LogP contribution >= 0.6 is 0 Å². The van der Waals surface area contributed by atoms with E-state index in [1.165, 1.54) is 4.90 Å². The third kappa shape index (κ3) is 3.95. The zero-order valence-electron chi connectivity index (χ0n) is 20.8. The Kier molecular flexibility index (Phi) is 6.06. The second-order valence-electron chi connectivity index (χ2n) is 9.35. The van der Waals surface area contributed by atoms with E-state index in [2.05, 4.69) is 0 Å². The second kappa shape index (κ2) is 8.96. The van der Waals surface area contributed by atoms with Crippen LogP contribution in [0.1, 0.15) is 59.1 Å². The first-order chi connectivity index (χ1) is 17.1. The molecule has 1 saturated heterocycles. The molecule has 3 aromatic rings. The highest BCUT2D eigenvalue weighted by Crippen LogP contribution is 2.43. The van der Waals surface area contributed by atoms with Crippen molar-refractivity contribution in [3.8, 4) is 11.5 Å². The van der Waals surface area contributed by atoms with Gasteiger partial charge in [-0.25, -0.2) is 8.42 Å². The van der Waals surface area contributed by atoms with E-state index in [1.807, 2.05) is 27.7 Å². The number of sulfone groups is 1. The van der Waals surface area contributed by atoms with Crippen LogP contribution in [-0.4, -0.2) is 50.0 Å². The van der Waals surface area contributed by atoms with E-state index in [1.54, 1.807) is 30.3 Å². The number of carbonyl (C=O) groups excluding carboxylic acids is 1. The minimum absolute atomic E-state index is 0.000272. The van der Waals surface area contributed by atoms with Crippen molar-refractivity contribution >= 4 is 26.7 Å². The Hall–Kier alpha value is -3.33. The number of nitrogens with zero attached hydrogens (tertiary/aromatic N) is 1. The lowest BCUT2D eigenvalue weighted by Gasteiger charge is -2.30. The molecule has 1 aromatic heterocycles. The largest absolute Gasteiger partial charge is 0.490 e. The van der Waals surface area contributed by atoms with Crippen molar-refractivity contribution < 1.29 is 27.1 Å². The van der Waals surface area contributed by atoms with Gasteiger partial charge in [0.2, 0.25) is 5.76 Å². The molecule has 36 heavy (non-hydrogen) atoms. The Bertz CT molecular complexity index is 1540. The fraction of sp³-hybridized carbons (Fsp3) is 0.407. The lowest BCUT2D eigenvalue weighted by atomic mass is 9.96. The van der Waals surface area contributed by atoms with Gasteiger partial charge < -0.3 is 18.8 Å². The molecule has 0 saturated carbocycles. The first kappa shape index (κ1) is 24.4. The van der Waals surface area contributed by atoms with Crippen molar-refractivity contribution in [2.75, 3.05) is 24.7 Å². The molecule has 9 heteroatoms. The minimum Gasteiger partial charge on any atom is -0.490 e. The Morgan fingerprint density at radius 1 is 1.00 bits per heavy atom. The number of ether oxygens (including phenoxy) is 2. The summed E-state index contributed by atoms with van der Waals surface area (Å²) in [6.45, 7) is 8.41. The highest BCUT2D eigenvalue weighted by Gasteiger charge is 2.48. The lowest BCUT2D eigenvalue weighted by Crippen LogP contribution is -2.40. The summed E-state index contributed by atoms with van der Waals surface area (Å²) < 4.78 is 42.3. The molecule has 0 bridgehead atoms. The van der Waals surface area contributed by atoms with Crippen LogP contribution in [0.2, 0.25) is 0 Å². The molecule has 190 valence electrons. The zero-order chi connectivity index (χ0) is 25.8. The van der Waals surface area contributed by atoms with Gasteiger partial charge in [0.15, 0.2) is 26.8 Å². The number of carbonyl (C=O) groups is 1. The first-order valence-corrected chi connectivity index (χ1v) is 14.0. The zero-order valence-corrected chi connectivity index (χ0v) is 21.6. The minimum atomic E-state index is -3.29. The van der Waals surface area contributed by atoms with Gasteiger partial charge in [0.25, 0.3) is 5.91 Å². The molecular weight excluding hydrogens is 482 g/mol. The molecule has 0 N–H and O–H groups in total. The van der Waals surface area contributed by atoms with E-state index >= 15 is 0 Å². The molecule has 2 aliphatic rings. The summed E-state index contributed by atoms with van der Waals surface area (Å²) in [7, 11) is -3.29. The van der Waals surface area contributed by atoms with Gasteiger partial charge in [0, 0.05) is 6.04 Å². The van der Waals surface area contributed by atoms with Crippen molar-refractivity contribution in [2.24, 2.45) is 0 Å². The highest BCUT2D eigenvalue weighted by atomic mass is 32.2. The van der Waals surface area contributed by atoms with E-state index < -0.39 is 27.8 Å². The third-order valence-electron chi connectivity index (χ3n) is 7.01. The van der Waals surface area contributed by atoms with Gasteiger partial charge in [-0.15, -0.1) is 0 Å². The number of aryl methyl sites for hydroxylation is 2. The quantitative estimate of drug-likeness (QED) is 0.494. The van der Waals surface area contributed by atoms with E-state index in [-0.39, 0.29) is 28.3 Å². The van der Waals surface area contributed by atoms with Crippen LogP contribution in [0.3, 0.4) is 0 Å². The first-order valence-electron chi connectivity index (χ1n) is 12.2. The van der Waals surface area contributed by atoms with Gasteiger partial charge in [-0.3, -0.25) is 9.59 Å². The van der Waals surface area contributed by atoms with Gasteiger partial charge in [0.05, 0.1) is 41.7 Å². The Labute approximate surface area is 209 Å². The maximum absolute atomic E-state index is 13.9. The number of benzene rings is 2. The molecule has 2 aromatic carbocycles. The van der Waals surface area contributed by atoms with Crippen LogP contribution in [0.15, 0.2) is 39.5 Å². The van der Waals surface area contributed by atoms with Gasteiger partial charge in [-0.2, -0.15) is 0 Å². The second-order valence-corrected chi connectivity index (χ2v) is 11.6. The maximum atomic E-state index is 13.9. The summed E-state index contributed by atoms with van der Waals surface area (Å²) in [4.78, 5) is 29.1. The SMILES string of the molecule is CCOc1ccc(C2c3c(oc4cc(C)c(C)cc4c3=O)C(=O)N2C2CCS(=O)(=O)C2)cc1OCC. The maximum Gasteiger partial charge on any atom is 0.291 e. The molecule has 1 fully saturated rings. The van der Waals surface area contributed by atoms with Crippen molar-refractivity contribution in [1.82, 2.24) is 4.90 Å². The lowest BCUT2D eigenvalue weighted by molar-refractivity contribution is 0.0662. The van der Waals surface area contributed by atoms with Crippen molar-refractivity contribution in [3.63, 3.8) is 0 Å². The number of rotatable bonds is 6. The van der Waals surface area contributed by atoms with Crippen LogP contribution in [-0.2, 0) is 9.84 Å². The van der Waals surface area contributed by atoms with Crippen LogP contribution in [0.5, 0.6) is 11.5 Å². The summed E-state index contributed by atoms with van der Waals surface area (Å²) in [5, 5.41) is 0.395. The topological polar surface area (TPSA) is 103 Å². The molecule has 8 nitrogen and oxygen atoms in total. The molecule has 1 amide bonds. The molecule has 5 rings (SSSR count). The van der Waals surface area contributed by atoms with Crippen molar-refractivity contribution in [1.29, 1.82) is 0 Å². The Morgan fingerprint density at radius 3 is 2.36 bits per heavy atom. The van der Waals surface area contributed by atoms with Gasteiger partial charge in [0.1, 0.15) is 5.58 Å². The molecule has 2 atom stereocenters. The van der Waals surface area contributed by atoms with Crippen molar-refractivity contribution in [2.45, 2.75) is 46.2 Å². The number of hydrogen-bond acceptors (Lipinski definition) is 7. The van der Waals surface area contributed by atoms with Gasteiger partial charge in [-0.05, 0) is 75.1 Å². The summed E-state index contributed by atoms with van der Waals surface area (Å²) in [6.07, 6.45) is 0.305. The Morgan fingerprint density at radius 2 is 1.69 bits per heavy atom. The van der Waals surface area contributed by atoms with Crippen molar-refractivity contribution in [3.05, 3.63) is 68.6 Å². The standard InChI is InChI=1S/C27H29NO7S/c1-5-33-20-8-7-17(13-22(20)34-6-2)24-23-25(29)19-11-15(3)16(4)12-21(19)35-26(23)27(30)28(24)18-9-10-36(31,32)14-18/h7-8,11-13,18,24H,5-6,9-10,14H2,1-4H3. The van der Waals surface area contributed by atoms with Gasteiger partial charge in [-0.1, -0.05) is 6.07 Å². The fourth-order valence-electron chi connectivity index (χ4n) is 5.18. The van der Waals surface area contributed by atoms with E-state index in [0.717, 1.165) is 11.1 Å². The molecule has 0 radical (unpaired) electrons. The molecular formula is C27H29NO7S. The molecule has 3 heterocycles. The van der Waals surface area contributed by atoms with Crippen LogP contribution in [0.4, 0.5) is 0 Å². The molecule has 0 aliphatic carbocycles. The summed E-state index contributed by atoms with van der Waals surface area (Å²) in [6, 6.07) is 7.49. The summed E-state index contributed by atoms with van der Waals surface area (Å²) >= 11 is 0. The predicted octanol–water partition coefficient (Wildman–Crippen LogP) is 3.94. The summed E-state index contributed by atoms with van der Waals surface area (Å²) in [5.41, 5.74) is 2.80. The predicted molar refractivity (Wildman–Crippen MR) is 136 cm³/mol. The van der Waals surface area contributed by atoms with E-state index in [9.17, 15) is 18.0 Å². The smallest absolute Gasteiger partial charge is 0.291 e. The average Bonchev–Trinajstić information content (AvgIpc) is 3.33. The molecule has 2 unspecified atom stereocenters. The fourth-order valence-corrected chi connectivity index (χ4v) is 6.89. The van der Waals surface area contributed by atoms with Crippen LogP contribution in [0.25, 0.3) is 11.0 Å². The van der Waals surface area contributed by atoms with E-state index in [0.29, 0.717) is 47.7 Å². The molecule has 2 aliphatic heterocycles. The normalized spacial score (nSPS) is 20.7. The average molecular weight is 512 g/mol. The van der Waals surface area contributed by atoms with Crippen LogP contribution in [0, 0.1) is 13.8 Å². The monoisotopic (exact) mass is 511 g/mol. The number of amides is 1. The third-order valence-corrected chi connectivity index (χ3v) is 8.76. The van der Waals surface area contributed by atoms with Gasteiger partial charge >= 0.3 is 0 Å². The number of fused-ring (bicyclic) bond motifs is 2.